The zero-order chi connectivity index (χ0) is 25.2. The molecule has 36 heavy (non-hydrogen) atoms. The molecular weight excluding hydrogens is 479 g/mol. The second-order valence-corrected chi connectivity index (χ2v) is 9.26. The van der Waals surface area contributed by atoms with Crippen LogP contribution in [0.4, 0.5) is 15.3 Å². The van der Waals surface area contributed by atoms with Gasteiger partial charge in [-0.1, -0.05) is 35.6 Å². The molecule has 0 radical (unpaired) electrons. The fraction of sp³-hybridized carbons (Fsp3) is 0.231. The lowest BCUT2D eigenvalue weighted by Crippen LogP contribution is -2.15. The first-order valence-electron chi connectivity index (χ1n) is 11.5. The first kappa shape index (κ1) is 25.1. The van der Waals surface area contributed by atoms with Crippen molar-refractivity contribution in [3.8, 4) is 0 Å². The summed E-state index contributed by atoms with van der Waals surface area (Å²) in [6, 6.07) is 13.4. The van der Waals surface area contributed by atoms with Crippen molar-refractivity contribution in [3.05, 3.63) is 94.6 Å². The molecule has 0 spiro atoms. The predicted molar refractivity (Wildman–Crippen MR) is 136 cm³/mol. The van der Waals surface area contributed by atoms with E-state index in [0.717, 1.165) is 41.8 Å². The van der Waals surface area contributed by atoms with Crippen molar-refractivity contribution in [3.63, 3.8) is 0 Å². The van der Waals surface area contributed by atoms with Crippen LogP contribution < -0.4 is 10.6 Å². The predicted octanol–water partition coefficient (Wildman–Crippen LogP) is 4.40. The number of halogens is 1. The molecule has 0 fully saturated rings. The molecule has 0 aliphatic carbocycles. The Morgan fingerprint density at radius 3 is 2.42 bits per heavy atom. The number of carbonyl (C=O) groups is 2. The van der Waals surface area contributed by atoms with Gasteiger partial charge in [-0.3, -0.25) is 14.6 Å². The Morgan fingerprint density at radius 2 is 1.64 bits per heavy atom. The van der Waals surface area contributed by atoms with E-state index in [4.69, 9.17) is 0 Å². The van der Waals surface area contributed by atoms with E-state index in [-0.39, 0.29) is 30.5 Å². The van der Waals surface area contributed by atoms with Crippen molar-refractivity contribution in [2.75, 3.05) is 10.6 Å². The molecule has 0 aliphatic heterocycles. The van der Waals surface area contributed by atoms with Gasteiger partial charge in [0.15, 0.2) is 0 Å². The van der Waals surface area contributed by atoms with E-state index in [1.54, 1.807) is 42.9 Å². The minimum atomic E-state index is -0.367. The number of aromatic nitrogens is 4. The fourth-order valence-electron chi connectivity index (χ4n) is 3.53. The molecule has 0 atom stereocenters. The number of hydrogen-bond acceptors (Lipinski definition) is 7. The van der Waals surface area contributed by atoms with Crippen LogP contribution in [0.3, 0.4) is 0 Å². The van der Waals surface area contributed by atoms with Gasteiger partial charge in [0.2, 0.25) is 16.9 Å². The van der Waals surface area contributed by atoms with Gasteiger partial charge in [0.05, 0.1) is 12.8 Å². The van der Waals surface area contributed by atoms with Gasteiger partial charge < -0.3 is 10.6 Å². The number of carbonyl (C=O) groups excluding carboxylic acids is 2. The Kier molecular flexibility index (Phi) is 8.77. The monoisotopic (exact) mass is 504 g/mol. The third-order valence-corrected chi connectivity index (χ3v) is 6.15. The molecule has 0 unspecified atom stereocenters. The van der Waals surface area contributed by atoms with E-state index >= 15 is 0 Å². The normalized spacial score (nSPS) is 10.7. The van der Waals surface area contributed by atoms with Crippen molar-refractivity contribution in [2.24, 2.45) is 0 Å². The van der Waals surface area contributed by atoms with E-state index in [9.17, 15) is 14.0 Å². The molecular formula is C26H25FN6O2S. The maximum atomic E-state index is 13.3. The highest BCUT2D eigenvalue weighted by molar-refractivity contribution is 7.15. The fourth-order valence-corrected chi connectivity index (χ4v) is 4.33. The summed E-state index contributed by atoms with van der Waals surface area (Å²) < 4.78 is 13.3. The molecule has 4 aromatic rings. The van der Waals surface area contributed by atoms with Crippen LogP contribution in [-0.2, 0) is 35.3 Å². The Labute approximate surface area is 212 Å². The number of pyridine rings is 2. The molecule has 10 heteroatoms. The lowest BCUT2D eigenvalue weighted by molar-refractivity contribution is -0.116. The summed E-state index contributed by atoms with van der Waals surface area (Å²) in [5.41, 5.74) is 2.54. The van der Waals surface area contributed by atoms with E-state index in [1.807, 2.05) is 12.1 Å². The maximum Gasteiger partial charge on any atom is 0.230 e. The van der Waals surface area contributed by atoms with Crippen LogP contribution in [0.2, 0.25) is 0 Å². The Bertz CT molecular complexity index is 1300. The SMILES string of the molecule is O=C(Cc1cccnc1)Nc1ccc(CCCCc2nnc(NC(=O)Cc3cccc(F)c3)s2)cn1. The first-order chi connectivity index (χ1) is 17.5. The molecule has 2 N–H and O–H groups in total. The van der Waals surface area contributed by atoms with Crippen LogP contribution in [-0.4, -0.2) is 32.0 Å². The van der Waals surface area contributed by atoms with Gasteiger partial charge in [-0.05, 0) is 60.2 Å². The third-order valence-electron chi connectivity index (χ3n) is 5.25. The Balaban J connectivity index is 1.15. The largest absolute Gasteiger partial charge is 0.310 e. The maximum absolute atomic E-state index is 13.3. The number of hydrogen-bond donors (Lipinski definition) is 2. The molecule has 1 aromatic carbocycles. The summed E-state index contributed by atoms with van der Waals surface area (Å²) in [5, 5.41) is 15.0. The molecule has 4 rings (SSSR count). The summed E-state index contributed by atoms with van der Waals surface area (Å²) in [7, 11) is 0. The zero-order valence-corrected chi connectivity index (χ0v) is 20.3. The molecule has 2 amide bonds. The van der Waals surface area contributed by atoms with Crippen molar-refractivity contribution in [2.45, 2.75) is 38.5 Å². The number of unbranched alkanes of at least 4 members (excludes halogenated alkanes) is 1. The number of anilines is 2. The number of nitrogens with one attached hydrogen (secondary N) is 2. The first-order valence-corrected chi connectivity index (χ1v) is 12.4. The highest BCUT2D eigenvalue weighted by atomic mass is 32.1. The highest BCUT2D eigenvalue weighted by Gasteiger charge is 2.10. The number of rotatable bonds is 11. The number of nitrogens with zero attached hydrogens (tertiary/aromatic N) is 4. The van der Waals surface area contributed by atoms with Crippen LogP contribution in [0.25, 0.3) is 0 Å². The van der Waals surface area contributed by atoms with Crippen molar-refractivity contribution in [1.29, 1.82) is 0 Å². The minimum Gasteiger partial charge on any atom is -0.310 e. The number of aryl methyl sites for hydroxylation is 2. The van der Waals surface area contributed by atoms with E-state index in [1.165, 1.54) is 23.5 Å². The van der Waals surface area contributed by atoms with Gasteiger partial charge in [0, 0.05) is 25.0 Å². The van der Waals surface area contributed by atoms with Crippen LogP contribution >= 0.6 is 11.3 Å². The van der Waals surface area contributed by atoms with Crippen LogP contribution in [0.15, 0.2) is 67.1 Å². The van der Waals surface area contributed by atoms with Crippen LogP contribution in [0, 0.1) is 5.82 Å². The molecule has 8 nitrogen and oxygen atoms in total. The van der Waals surface area contributed by atoms with E-state index < -0.39 is 0 Å². The lowest BCUT2D eigenvalue weighted by atomic mass is 10.1. The van der Waals surface area contributed by atoms with Crippen LogP contribution in [0.5, 0.6) is 0 Å². The number of amides is 2. The second-order valence-electron chi connectivity index (χ2n) is 8.20. The smallest absolute Gasteiger partial charge is 0.230 e. The summed E-state index contributed by atoms with van der Waals surface area (Å²) >= 11 is 1.34. The lowest BCUT2D eigenvalue weighted by Gasteiger charge is -2.06. The van der Waals surface area contributed by atoms with Crippen molar-refractivity contribution in [1.82, 2.24) is 20.2 Å². The van der Waals surface area contributed by atoms with Crippen molar-refractivity contribution >= 4 is 34.1 Å². The molecule has 0 aliphatic rings. The van der Waals surface area contributed by atoms with Gasteiger partial charge >= 0.3 is 0 Å². The van der Waals surface area contributed by atoms with Gasteiger partial charge in [0.1, 0.15) is 16.6 Å². The summed E-state index contributed by atoms with van der Waals surface area (Å²) in [6.45, 7) is 0. The van der Waals surface area contributed by atoms with Gasteiger partial charge in [-0.25, -0.2) is 9.37 Å². The molecule has 0 bridgehead atoms. The summed E-state index contributed by atoms with van der Waals surface area (Å²) in [6.07, 6.45) is 8.91. The average Bonchev–Trinajstić information content (AvgIpc) is 3.30. The van der Waals surface area contributed by atoms with Crippen LogP contribution in [0.1, 0.15) is 34.5 Å². The van der Waals surface area contributed by atoms with E-state index in [2.05, 4.69) is 30.8 Å². The zero-order valence-electron chi connectivity index (χ0n) is 19.5. The standard InChI is InChI=1S/C26H25FN6O2S/c27-21-8-3-6-19(13-21)14-24(35)31-26-33-32-25(36-26)9-2-1-5-18-10-11-22(29-17-18)30-23(34)15-20-7-4-12-28-16-20/h3-4,6-8,10-13,16-17H,1-2,5,9,14-15H2,(H,29,30,34)(H,31,33,35). The molecule has 3 aromatic heterocycles. The third kappa shape index (κ3) is 8.02. The molecule has 0 saturated carbocycles. The van der Waals surface area contributed by atoms with Crippen molar-refractivity contribution < 1.29 is 14.0 Å². The molecule has 3 heterocycles. The summed E-state index contributed by atoms with van der Waals surface area (Å²) in [5.74, 6) is -0.236. The minimum absolute atomic E-state index is 0.0771. The molecule has 184 valence electrons. The highest BCUT2D eigenvalue weighted by Crippen LogP contribution is 2.18. The van der Waals surface area contributed by atoms with Gasteiger partial charge in [-0.2, -0.15) is 0 Å². The number of benzene rings is 1. The van der Waals surface area contributed by atoms with Gasteiger partial charge in [0.25, 0.3) is 0 Å². The topological polar surface area (TPSA) is 110 Å². The Morgan fingerprint density at radius 1 is 0.833 bits per heavy atom. The summed E-state index contributed by atoms with van der Waals surface area (Å²) in [4.78, 5) is 32.6. The average molecular weight is 505 g/mol. The Hall–Kier alpha value is -4.05. The van der Waals surface area contributed by atoms with E-state index in [0.29, 0.717) is 16.5 Å². The molecule has 0 saturated heterocycles. The quantitative estimate of drug-likeness (QED) is 0.293. The second kappa shape index (κ2) is 12.6. The van der Waals surface area contributed by atoms with Gasteiger partial charge in [-0.15, -0.1) is 10.2 Å².